The highest BCUT2D eigenvalue weighted by Gasteiger charge is 2.10. The maximum Gasteiger partial charge on any atom is 0.243 e. The van der Waals surface area contributed by atoms with Crippen LogP contribution in [-0.2, 0) is 9.59 Å². The highest BCUT2D eigenvalue weighted by molar-refractivity contribution is 8.00. The van der Waals surface area contributed by atoms with E-state index < -0.39 is 0 Å². The first-order chi connectivity index (χ1) is 12.5. The zero-order valence-electron chi connectivity index (χ0n) is 15.0. The van der Waals surface area contributed by atoms with E-state index >= 15 is 0 Å². The van der Waals surface area contributed by atoms with E-state index in [1.165, 1.54) is 11.8 Å². The number of benzene rings is 2. The molecule has 0 aliphatic heterocycles. The molecule has 138 valence electrons. The molecule has 2 N–H and O–H groups in total. The zero-order chi connectivity index (χ0) is 18.9. The summed E-state index contributed by atoms with van der Waals surface area (Å²) >= 11 is 1.39. The average Bonchev–Trinajstić information content (AvgIpc) is 2.65. The molecule has 0 atom stereocenters. The van der Waals surface area contributed by atoms with Crippen molar-refractivity contribution in [3.05, 3.63) is 48.0 Å². The lowest BCUT2D eigenvalue weighted by Crippen LogP contribution is -2.33. The monoisotopic (exact) mass is 374 g/mol. The van der Waals surface area contributed by atoms with Gasteiger partial charge in [0.2, 0.25) is 11.8 Å². The summed E-state index contributed by atoms with van der Waals surface area (Å²) in [5.41, 5.74) is 1.58. The number of thioether (sulfide) groups is 1. The first-order valence-electron chi connectivity index (χ1n) is 8.00. The molecule has 0 spiro atoms. The van der Waals surface area contributed by atoms with Crippen molar-refractivity contribution in [2.75, 3.05) is 31.8 Å². The molecule has 0 heterocycles. The van der Waals surface area contributed by atoms with Crippen LogP contribution in [0.15, 0.2) is 47.4 Å². The van der Waals surface area contributed by atoms with Crippen molar-refractivity contribution in [1.29, 1.82) is 0 Å². The van der Waals surface area contributed by atoms with E-state index in [1.807, 2.05) is 43.3 Å². The molecule has 0 saturated carbocycles. The van der Waals surface area contributed by atoms with Gasteiger partial charge >= 0.3 is 0 Å². The van der Waals surface area contributed by atoms with Gasteiger partial charge in [-0.2, -0.15) is 0 Å². The molecule has 0 aliphatic carbocycles. The lowest BCUT2D eigenvalue weighted by atomic mass is 10.2. The number of carbonyl (C=O) groups excluding carboxylic acids is 2. The van der Waals surface area contributed by atoms with E-state index in [1.54, 1.807) is 20.3 Å². The third kappa shape index (κ3) is 6.00. The van der Waals surface area contributed by atoms with Gasteiger partial charge in [-0.3, -0.25) is 9.59 Å². The van der Waals surface area contributed by atoms with Crippen molar-refractivity contribution >= 4 is 29.3 Å². The van der Waals surface area contributed by atoms with Crippen LogP contribution in [0.3, 0.4) is 0 Å². The number of methoxy groups -OCH3 is 2. The summed E-state index contributed by atoms with van der Waals surface area (Å²) in [4.78, 5) is 24.9. The number of aryl methyl sites for hydroxylation is 1. The first kappa shape index (κ1) is 19.7. The number of hydrogen-bond acceptors (Lipinski definition) is 5. The number of hydrogen-bond donors (Lipinski definition) is 2. The summed E-state index contributed by atoms with van der Waals surface area (Å²) < 4.78 is 10.3. The standard InChI is InChI=1S/C19H22N2O4S/c1-13-4-9-17(25-3)16(10-13)21-18(22)11-20-19(23)12-26-15-7-5-14(24-2)6-8-15/h4-10H,11-12H2,1-3H3,(H,20,23)(H,21,22). The van der Waals surface area contributed by atoms with Crippen molar-refractivity contribution in [3.8, 4) is 11.5 Å². The van der Waals surface area contributed by atoms with Crippen molar-refractivity contribution in [3.63, 3.8) is 0 Å². The minimum atomic E-state index is -0.309. The van der Waals surface area contributed by atoms with Gasteiger partial charge in [0.15, 0.2) is 0 Å². The summed E-state index contributed by atoms with van der Waals surface area (Å²) in [5.74, 6) is 1.05. The second-order valence-electron chi connectivity index (χ2n) is 5.49. The predicted octanol–water partition coefficient (Wildman–Crippen LogP) is 2.86. The van der Waals surface area contributed by atoms with Gasteiger partial charge in [0, 0.05) is 4.90 Å². The molecule has 0 saturated heterocycles. The van der Waals surface area contributed by atoms with Crippen molar-refractivity contribution < 1.29 is 19.1 Å². The van der Waals surface area contributed by atoms with Crippen molar-refractivity contribution in [2.24, 2.45) is 0 Å². The zero-order valence-corrected chi connectivity index (χ0v) is 15.8. The fourth-order valence-corrected chi connectivity index (χ4v) is 2.89. The third-order valence-electron chi connectivity index (χ3n) is 3.50. The lowest BCUT2D eigenvalue weighted by Gasteiger charge is -2.11. The molecule has 2 amide bonds. The van der Waals surface area contributed by atoms with Crippen LogP contribution in [0.4, 0.5) is 5.69 Å². The largest absolute Gasteiger partial charge is 0.497 e. The number of amides is 2. The maximum absolute atomic E-state index is 12.0. The van der Waals surface area contributed by atoms with Crippen molar-refractivity contribution in [1.82, 2.24) is 5.32 Å². The molecule has 0 radical (unpaired) electrons. The molecule has 7 heteroatoms. The van der Waals surface area contributed by atoms with Crippen LogP contribution in [0.1, 0.15) is 5.56 Å². The van der Waals surface area contributed by atoms with Gasteiger partial charge in [-0.25, -0.2) is 0 Å². The number of anilines is 1. The van der Waals surface area contributed by atoms with Crippen LogP contribution in [0.5, 0.6) is 11.5 Å². The van der Waals surface area contributed by atoms with Crippen LogP contribution in [0, 0.1) is 6.92 Å². The molecule has 6 nitrogen and oxygen atoms in total. The normalized spacial score (nSPS) is 10.1. The van der Waals surface area contributed by atoms with E-state index in [4.69, 9.17) is 9.47 Å². The van der Waals surface area contributed by atoms with Gasteiger partial charge in [-0.15, -0.1) is 11.8 Å². The average molecular weight is 374 g/mol. The Morgan fingerprint density at radius 1 is 1.00 bits per heavy atom. The van der Waals surface area contributed by atoms with Crippen molar-refractivity contribution in [2.45, 2.75) is 11.8 Å². The second kappa shape index (κ2) is 9.72. The van der Waals surface area contributed by atoms with Crippen LogP contribution in [0.2, 0.25) is 0 Å². The Hall–Kier alpha value is -2.67. The van der Waals surface area contributed by atoms with Gasteiger partial charge in [0.1, 0.15) is 11.5 Å². The molecular formula is C19H22N2O4S. The number of carbonyl (C=O) groups is 2. The summed E-state index contributed by atoms with van der Waals surface area (Å²) in [5, 5.41) is 5.36. The molecular weight excluding hydrogens is 352 g/mol. The Morgan fingerprint density at radius 3 is 2.38 bits per heavy atom. The maximum atomic E-state index is 12.0. The van der Waals surface area contributed by atoms with Gasteiger partial charge in [-0.05, 0) is 48.9 Å². The van der Waals surface area contributed by atoms with Crippen LogP contribution < -0.4 is 20.1 Å². The minimum Gasteiger partial charge on any atom is -0.497 e. The molecule has 2 aromatic rings. The first-order valence-corrected chi connectivity index (χ1v) is 8.98. The summed E-state index contributed by atoms with van der Waals surface area (Å²) in [6.07, 6.45) is 0. The fraction of sp³-hybridized carbons (Fsp3) is 0.263. The van der Waals surface area contributed by atoms with E-state index in [-0.39, 0.29) is 24.1 Å². The SMILES string of the molecule is COc1ccc(SCC(=O)NCC(=O)Nc2cc(C)ccc2OC)cc1. The molecule has 26 heavy (non-hydrogen) atoms. The van der Waals surface area contributed by atoms with E-state index in [0.717, 1.165) is 16.2 Å². The summed E-state index contributed by atoms with van der Waals surface area (Å²) in [6, 6.07) is 12.9. The summed E-state index contributed by atoms with van der Waals surface area (Å²) in [7, 11) is 3.14. The smallest absolute Gasteiger partial charge is 0.243 e. The van der Waals surface area contributed by atoms with Gasteiger partial charge < -0.3 is 20.1 Å². The molecule has 0 fully saturated rings. The number of nitrogens with one attached hydrogen (secondary N) is 2. The lowest BCUT2D eigenvalue weighted by molar-refractivity contribution is -0.122. The van der Waals surface area contributed by atoms with E-state index in [2.05, 4.69) is 10.6 Å². The quantitative estimate of drug-likeness (QED) is 0.695. The number of rotatable bonds is 8. The highest BCUT2D eigenvalue weighted by Crippen LogP contribution is 2.25. The summed E-state index contributed by atoms with van der Waals surface area (Å²) in [6.45, 7) is 1.83. The third-order valence-corrected chi connectivity index (χ3v) is 4.52. The van der Waals surface area contributed by atoms with E-state index in [9.17, 15) is 9.59 Å². The number of ether oxygens (including phenoxy) is 2. The van der Waals surface area contributed by atoms with Crippen LogP contribution >= 0.6 is 11.8 Å². The fourth-order valence-electron chi connectivity index (χ4n) is 2.16. The van der Waals surface area contributed by atoms with Gasteiger partial charge in [0.05, 0.1) is 32.2 Å². The van der Waals surface area contributed by atoms with Crippen LogP contribution in [-0.4, -0.2) is 38.3 Å². The Balaban J connectivity index is 1.77. The molecule has 2 rings (SSSR count). The van der Waals surface area contributed by atoms with Gasteiger partial charge in [-0.1, -0.05) is 6.07 Å². The molecule has 0 aromatic heterocycles. The Kier molecular flexibility index (Phi) is 7.35. The Morgan fingerprint density at radius 2 is 1.73 bits per heavy atom. The van der Waals surface area contributed by atoms with Crippen LogP contribution in [0.25, 0.3) is 0 Å². The molecule has 0 bridgehead atoms. The molecule has 0 unspecified atom stereocenters. The minimum absolute atomic E-state index is 0.0981. The Bertz CT molecular complexity index is 763. The second-order valence-corrected chi connectivity index (χ2v) is 6.54. The highest BCUT2D eigenvalue weighted by atomic mass is 32.2. The predicted molar refractivity (Wildman–Crippen MR) is 103 cm³/mol. The van der Waals surface area contributed by atoms with Gasteiger partial charge in [0.25, 0.3) is 0 Å². The molecule has 2 aromatic carbocycles. The molecule has 0 aliphatic rings. The topological polar surface area (TPSA) is 76.7 Å². The Labute approximate surface area is 157 Å². The van der Waals surface area contributed by atoms with E-state index in [0.29, 0.717) is 11.4 Å².